The summed E-state index contributed by atoms with van der Waals surface area (Å²) in [4.78, 5) is 14.7. The number of likely N-dealkylation sites (tertiary alicyclic amines) is 1. The van der Waals surface area contributed by atoms with Gasteiger partial charge in [-0.05, 0) is 42.8 Å². The molecule has 5 nitrogen and oxygen atoms in total. The van der Waals surface area contributed by atoms with Crippen molar-refractivity contribution in [1.82, 2.24) is 4.90 Å². The molecule has 1 aliphatic rings. The van der Waals surface area contributed by atoms with Crippen molar-refractivity contribution in [1.29, 1.82) is 5.26 Å². The van der Waals surface area contributed by atoms with Crippen molar-refractivity contribution in [2.75, 3.05) is 6.54 Å². The van der Waals surface area contributed by atoms with Crippen LogP contribution in [0, 0.1) is 16.7 Å². The van der Waals surface area contributed by atoms with E-state index in [1.54, 1.807) is 36.9 Å². The number of benzene rings is 2. The first-order valence-corrected chi connectivity index (χ1v) is 9.31. The van der Waals surface area contributed by atoms with Crippen LogP contribution in [-0.4, -0.2) is 28.6 Å². The maximum Gasteiger partial charge on any atom is 0.417 e. The Balaban J connectivity index is 1.88. The molecule has 2 aromatic rings. The summed E-state index contributed by atoms with van der Waals surface area (Å²) < 4.78 is 45.5. The van der Waals surface area contributed by atoms with Crippen LogP contribution in [0.25, 0.3) is 0 Å². The highest BCUT2D eigenvalue weighted by Gasteiger charge is 2.49. The summed E-state index contributed by atoms with van der Waals surface area (Å²) in [6.07, 6.45) is -5.71. The zero-order chi connectivity index (χ0) is 22.3. The van der Waals surface area contributed by atoms with Crippen molar-refractivity contribution >= 4 is 5.91 Å². The fourth-order valence-electron chi connectivity index (χ4n) is 3.65. The monoisotopic (exact) mass is 418 g/mol. The Labute approximate surface area is 172 Å². The Hall–Kier alpha value is -3.21. The molecule has 0 aliphatic carbocycles. The normalized spacial score (nSPS) is 19.4. The Morgan fingerprint density at radius 3 is 2.57 bits per heavy atom. The van der Waals surface area contributed by atoms with Crippen molar-refractivity contribution in [2.24, 2.45) is 5.41 Å². The molecule has 0 radical (unpaired) electrons. The van der Waals surface area contributed by atoms with E-state index in [0.29, 0.717) is 6.54 Å². The van der Waals surface area contributed by atoms with Gasteiger partial charge in [-0.2, -0.15) is 18.4 Å². The van der Waals surface area contributed by atoms with E-state index in [9.17, 15) is 23.1 Å². The maximum absolute atomic E-state index is 13.2. The fourth-order valence-corrected chi connectivity index (χ4v) is 3.65. The summed E-state index contributed by atoms with van der Waals surface area (Å²) in [6, 6.07) is 10.8. The van der Waals surface area contributed by atoms with Gasteiger partial charge in [0.25, 0.3) is 5.91 Å². The number of ether oxygens (including phenoxy) is 1. The molecular formula is C22H21F3N2O3. The Kier molecular flexibility index (Phi) is 5.42. The number of nitriles is 1. The molecule has 1 saturated heterocycles. The second kappa shape index (κ2) is 7.56. The number of halogens is 3. The SMILES string of the molecule is CC(c1cccc(O)c1)N1CC(C)(C)C(Oc2ccc(C#N)c(C(F)(F)F)c2)C1=O. The summed E-state index contributed by atoms with van der Waals surface area (Å²) >= 11 is 0. The van der Waals surface area contributed by atoms with Crippen LogP contribution in [0.15, 0.2) is 42.5 Å². The lowest BCUT2D eigenvalue weighted by molar-refractivity contribution is -0.138. The maximum atomic E-state index is 13.2. The average Bonchev–Trinajstić information content (AvgIpc) is 2.90. The van der Waals surface area contributed by atoms with E-state index in [1.807, 2.05) is 6.92 Å². The van der Waals surface area contributed by atoms with Crippen LogP contribution < -0.4 is 4.74 Å². The van der Waals surface area contributed by atoms with Gasteiger partial charge in [0.2, 0.25) is 0 Å². The summed E-state index contributed by atoms with van der Waals surface area (Å²) in [6.45, 7) is 5.75. The third-order valence-corrected chi connectivity index (χ3v) is 5.29. The number of amides is 1. The number of phenols is 1. The van der Waals surface area contributed by atoms with Gasteiger partial charge in [0.05, 0.1) is 23.2 Å². The van der Waals surface area contributed by atoms with E-state index < -0.39 is 28.8 Å². The van der Waals surface area contributed by atoms with Crippen molar-refractivity contribution in [3.63, 3.8) is 0 Å². The summed E-state index contributed by atoms with van der Waals surface area (Å²) in [5.41, 5.74) is -1.55. The predicted octanol–water partition coefficient (Wildman–Crippen LogP) is 4.66. The number of carbonyl (C=O) groups is 1. The predicted molar refractivity (Wildman–Crippen MR) is 103 cm³/mol. The van der Waals surface area contributed by atoms with Gasteiger partial charge >= 0.3 is 6.18 Å². The highest BCUT2D eigenvalue weighted by Crippen LogP contribution is 2.40. The standard InChI is InChI=1S/C22H21F3N2O3/c1-13(14-5-4-6-16(28)9-14)27-12-21(2,3)19(20(27)29)30-17-8-7-15(11-26)18(10-17)22(23,24)25/h4-10,13,19,28H,12H2,1-3H3. The third-order valence-electron chi connectivity index (χ3n) is 5.29. The number of hydrogen-bond donors (Lipinski definition) is 1. The fraction of sp³-hybridized carbons (Fsp3) is 0.364. The first kappa shape index (κ1) is 21.5. The smallest absolute Gasteiger partial charge is 0.417 e. The number of alkyl halides is 3. The zero-order valence-corrected chi connectivity index (χ0v) is 16.7. The topological polar surface area (TPSA) is 73.6 Å². The Morgan fingerprint density at radius 1 is 1.27 bits per heavy atom. The molecule has 158 valence electrons. The van der Waals surface area contributed by atoms with Gasteiger partial charge in [-0.25, -0.2) is 0 Å². The number of carbonyl (C=O) groups excluding carboxylic acids is 1. The molecule has 2 atom stereocenters. The Morgan fingerprint density at radius 2 is 1.97 bits per heavy atom. The molecule has 0 aromatic heterocycles. The number of nitrogens with zero attached hydrogens (tertiary/aromatic N) is 2. The first-order valence-electron chi connectivity index (χ1n) is 9.31. The summed E-state index contributed by atoms with van der Waals surface area (Å²) in [7, 11) is 0. The molecule has 1 heterocycles. The number of rotatable bonds is 4. The molecule has 8 heteroatoms. The van der Waals surface area contributed by atoms with Crippen LogP contribution in [0.5, 0.6) is 11.5 Å². The highest BCUT2D eigenvalue weighted by molar-refractivity contribution is 5.85. The van der Waals surface area contributed by atoms with E-state index >= 15 is 0 Å². The molecule has 30 heavy (non-hydrogen) atoms. The van der Waals surface area contributed by atoms with Gasteiger partial charge in [0.1, 0.15) is 11.5 Å². The average molecular weight is 418 g/mol. The van der Waals surface area contributed by atoms with Gasteiger partial charge < -0.3 is 14.7 Å². The van der Waals surface area contributed by atoms with Gasteiger partial charge in [0.15, 0.2) is 6.10 Å². The minimum atomic E-state index is -4.71. The molecular weight excluding hydrogens is 397 g/mol. The highest BCUT2D eigenvalue weighted by atomic mass is 19.4. The quantitative estimate of drug-likeness (QED) is 0.784. The molecule has 0 bridgehead atoms. The van der Waals surface area contributed by atoms with Crippen LogP contribution in [0.4, 0.5) is 13.2 Å². The minimum Gasteiger partial charge on any atom is -0.508 e. The molecule has 2 unspecified atom stereocenters. The second-order valence-electron chi connectivity index (χ2n) is 8.04. The molecule has 3 rings (SSSR count). The largest absolute Gasteiger partial charge is 0.508 e. The number of phenolic OH excluding ortho intramolecular Hbond substituents is 1. The van der Waals surface area contributed by atoms with Gasteiger partial charge in [-0.15, -0.1) is 0 Å². The Bertz CT molecular complexity index is 1010. The lowest BCUT2D eigenvalue weighted by Crippen LogP contribution is -2.37. The van der Waals surface area contributed by atoms with Crippen LogP contribution in [0.2, 0.25) is 0 Å². The molecule has 0 saturated carbocycles. The third kappa shape index (κ3) is 4.06. The minimum absolute atomic E-state index is 0.0790. The number of aromatic hydroxyl groups is 1. The summed E-state index contributed by atoms with van der Waals surface area (Å²) in [5.74, 6) is -0.399. The van der Waals surface area contributed by atoms with Crippen molar-refractivity contribution in [3.8, 4) is 17.6 Å². The van der Waals surface area contributed by atoms with Crippen LogP contribution in [0.3, 0.4) is 0 Å². The van der Waals surface area contributed by atoms with Crippen molar-refractivity contribution < 1.29 is 27.8 Å². The van der Waals surface area contributed by atoms with E-state index in [2.05, 4.69) is 0 Å². The first-order chi connectivity index (χ1) is 13.9. The van der Waals surface area contributed by atoms with Crippen LogP contribution in [0.1, 0.15) is 43.5 Å². The van der Waals surface area contributed by atoms with Gasteiger partial charge in [-0.3, -0.25) is 4.79 Å². The van der Waals surface area contributed by atoms with E-state index in [-0.39, 0.29) is 23.4 Å². The molecule has 1 N–H and O–H groups in total. The molecule has 0 spiro atoms. The summed E-state index contributed by atoms with van der Waals surface area (Å²) in [5, 5.41) is 18.6. The van der Waals surface area contributed by atoms with E-state index in [4.69, 9.17) is 10.00 Å². The van der Waals surface area contributed by atoms with Crippen molar-refractivity contribution in [2.45, 2.75) is 39.1 Å². The second-order valence-corrected chi connectivity index (χ2v) is 8.04. The van der Waals surface area contributed by atoms with E-state index in [0.717, 1.165) is 17.7 Å². The van der Waals surface area contributed by atoms with Gasteiger partial charge in [-0.1, -0.05) is 26.0 Å². The molecule has 1 fully saturated rings. The molecule has 2 aromatic carbocycles. The lowest BCUT2D eigenvalue weighted by atomic mass is 9.89. The molecule has 1 aliphatic heterocycles. The molecule has 1 amide bonds. The number of hydrogen-bond acceptors (Lipinski definition) is 4. The van der Waals surface area contributed by atoms with Gasteiger partial charge in [0, 0.05) is 12.0 Å². The lowest BCUT2D eigenvalue weighted by Gasteiger charge is -2.26. The zero-order valence-electron chi connectivity index (χ0n) is 16.7. The van der Waals surface area contributed by atoms with E-state index in [1.165, 1.54) is 18.2 Å². The van der Waals surface area contributed by atoms with Crippen LogP contribution in [-0.2, 0) is 11.0 Å². The van der Waals surface area contributed by atoms with Crippen LogP contribution >= 0.6 is 0 Å². The van der Waals surface area contributed by atoms with Crippen molar-refractivity contribution in [3.05, 3.63) is 59.2 Å².